The molecule has 0 amide bonds. The Hall–Kier alpha value is -1.48. The number of benzene rings is 2. The third kappa shape index (κ3) is 4.01. The van der Waals surface area contributed by atoms with Gasteiger partial charge in [0, 0.05) is 11.0 Å². The Labute approximate surface area is 135 Å². The third-order valence-electron chi connectivity index (χ3n) is 3.49. The van der Waals surface area contributed by atoms with Gasteiger partial charge >= 0.3 is 0 Å². The van der Waals surface area contributed by atoms with E-state index >= 15 is 0 Å². The monoisotopic (exact) mass is 347 g/mol. The summed E-state index contributed by atoms with van der Waals surface area (Å²) in [6, 6.07) is 14.6. The van der Waals surface area contributed by atoms with Crippen molar-refractivity contribution in [1.82, 2.24) is 0 Å². The number of nitrogens with one attached hydrogen (secondary N) is 1. The normalized spacial score (nSPS) is 11.3. The van der Waals surface area contributed by atoms with Crippen LogP contribution in [0.1, 0.15) is 31.9 Å². The molecule has 3 heteroatoms. The molecular formula is C18H22BrNO. The molecule has 21 heavy (non-hydrogen) atoms. The lowest BCUT2D eigenvalue weighted by Crippen LogP contribution is -2.12. The molecule has 0 aliphatic rings. The number of halogens is 1. The molecule has 0 heterocycles. The van der Waals surface area contributed by atoms with E-state index in [2.05, 4.69) is 66.3 Å². The lowest BCUT2D eigenvalue weighted by Gasteiger charge is -2.21. The first-order valence-corrected chi connectivity index (χ1v) is 7.87. The van der Waals surface area contributed by atoms with E-state index in [1.807, 2.05) is 18.2 Å². The first kappa shape index (κ1) is 15.9. The molecule has 112 valence electrons. The van der Waals surface area contributed by atoms with Crippen molar-refractivity contribution in [1.29, 1.82) is 0 Å². The Morgan fingerprint density at radius 1 is 1.10 bits per heavy atom. The molecule has 0 aliphatic heterocycles. The summed E-state index contributed by atoms with van der Waals surface area (Å²) >= 11 is 3.58. The van der Waals surface area contributed by atoms with Crippen LogP contribution in [0.15, 0.2) is 46.9 Å². The lowest BCUT2D eigenvalue weighted by molar-refractivity contribution is 0.416. The number of ether oxygens (including phenoxy) is 1. The van der Waals surface area contributed by atoms with Gasteiger partial charge in [-0.05, 0) is 34.7 Å². The van der Waals surface area contributed by atoms with Gasteiger partial charge in [0.2, 0.25) is 0 Å². The van der Waals surface area contributed by atoms with E-state index in [9.17, 15) is 0 Å². The minimum absolute atomic E-state index is 0.121. The van der Waals surface area contributed by atoms with E-state index < -0.39 is 0 Å². The highest BCUT2D eigenvalue weighted by Crippen LogP contribution is 2.32. The fraction of sp³-hybridized carbons (Fsp3) is 0.333. The van der Waals surface area contributed by atoms with Crippen LogP contribution in [0.5, 0.6) is 5.75 Å². The molecule has 2 aromatic rings. The van der Waals surface area contributed by atoms with Crippen LogP contribution < -0.4 is 10.1 Å². The molecule has 2 aromatic carbocycles. The molecule has 0 spiro atoms. The smallest absolute Gasteiger partial charge is 0.141 e. The van der Waals surface area contributed by atoms with E-state index in [0.29, 0.717) is 0 Å². The SMILES string of the molecule is COc1ccc(C(C)(C)C)cc1NCc1ccccc1Br. The summed E-state index contributed by atoms with van der Waals surface area (Å²) in [4.78, 5) is 0. The van der Waals surface area contributed by atoms with Crippen LogP contribution in [-0.4, -0.2) is 7.11 Å². The second kappa shape index (κ2) is 6.52. The average molecular weight is 348 g/mol. The fourth-order valence-corrected chi connectivity index (χ4v) is 2.57. The van der Waals surface area contributed by atoms with Gasteiger partial charge < -0.3 is 10.1 Å². The summed E-state index contributed by atoms with van der Waals surface area (Å²) in [5.74, 6) is 0.870. The van der Waals surface area contributed by atoms with E-state index in [1.165, 1.54) is 11.1 Å². The molecule has 0 radical (unpaired) electrons. The Balaban J connectivity index is 2.24. The van der Waals surface area contributed by atoms with Crippen LogP contribution in [0.2, 0.25) is 0 Å². The standard InChI is InChI=1S/C18H22BrNO/c1-18(2,3)14-9-10-17(21-4)16(11-14)20-12-13-7-5-6-8-15(13)19/h5-11,20H,12H2,1-4H3. The number of methoxy groups -OCH3 is 1. The van der Waals surface area contributed by atoms with E-state index in [-0.39, 0.29) is 5.41 Å². The Kier molecular flexibility index (Phi) is 4.94. The molecule has 0 fully saturated rings. The molecular weight excluding hydrogens is 326 g/mol. The Morgan fingerprint density at radius 3 is 2.43 bits per heavy atom. The fourth-order valence-electron chi connectivity index (χ4n) is 2.14. The molecule has 0 unspecified atom stereocenters. The maximum atomic E-state index is 5.46. The van der Waals surface area contributed by atoms with Crippen molar-refractivity contribution in [3.05, 3.63) is 58.1 Å². The van der Waals surface area contributed by atoms with Gasteiger partial charge in [0.05, 0.1) is 12.8 Å². The molecule has 0 saturated carbocycles. The lowest BCUT2D eigenvalue weighted by atomic mass is 9.87. The van der Waals surface area contributed by atoms with Gasteiger partial charge in [-0.25, -0.2) is 0 Å². The summed E-state index contributed by atoms with van der Waals surface area (Å²) in [5, 5.41) is 3.48. The van der Waals surface area contributed by atoms with Gasteiger partial charge in [-0.3, -0.25) is 0 Å². The zero-order valence-corrected chi connectivity index (χ0v) is 14.6. The van der Waals surface area contributed by atoms with Gasteiger partial charge in [0.25, 0.3) is 0 Å². The summed E-state index contributed by atoms with van der Waals surface area (Å²) in [7, 11) is 1.70. The summed E-state index contributed by atoms with van der Waals surface area (Å²) < 4.78 is 6.57. The Bertz CT molecular complexity index is 617. The van der Waals surface area contributed by atoms with Gasteiger partial charge in [0.15, 0.2) is 0 Å². The van der Waals surface area contributed by atoms with E-state index in [0.717, 1.165) is 22.5 Å². The van der Waals surface area contributed by atoms with Crippen LogP contribution in [0.25, 0.3) is 0 Å². The summed E-state index contributed by atoms with van der Waals surface area (Å²) in [6.45, 7) is 7.40. The van der Waals surface area contributed by atoms with Crippen molar-refractivity contribution >= 4 is 21.6 Å². The minimum Gasteiger partial charge on any atom is -0.495 e. The highest BCUT2D eigenvalue weighted by Gasteiger charge is 2.15. The molecule has 0 saturated heterocycles. The largest absolute Gasteiger partial charge is 0.495 e. The van der Waals surface area contributed by atoms with Crippen molar-refractivity contribution in [2.24, 2.45) is 0 Å². The molecule has 1 N–H and O–H groups in total. The van der Waals surface area contributed by atoms with E-state index in [1.54, 1.807) is 7.11 Å². The van der Waals surface area contributed by atoms with Gasteiger partial charge in [0.1, 0.15) is 5.75 Å². The topological polar surface area (TPSA) is 21.3 Å². The van der Waals surface area contributed by atoms with Crippen molar-refractivity contribution in [2.75, 3.05) is 12.4 Å². The first-order chi connectivity index (χ1) is 9.91. The number of hydrogen-bond donors (Lipinski definition) is 1. The Morgan fingerprint density at radius 2 is 1.81 bits per heavy atom. The van der Waals surface area contributed by atoms with Crippen LogP contribution in [-0.2, 0) is 12.0 Å². The molecule has 2 rings (SSSR count). The minimum atomic E-state index is 0.121. The van der Waals surface area contributed by atoms with Crippen LogP contribution in [0, 0.1) is 0 Å². The van der Waals surface area contributed by atoms with Crippen molar-refractivity contribution in [2.45, 2.75) is 32.7 Å². The molecule has 0 atom stereocenters. The van der Waals surface area contributed by atoms with Crippen molar-refractivity contribution in [3.63, 3.8) is 0 Å². The second-order valence-corrected chi connectivity index (χ2v) is 6.96. The first-order valence-electron chi connectivity index (χ1n) is 7.07. The van der Waals surface area contributed by atoms with Crippen molar-refractivity contribution < 1.29 is 4.74 Å². The number of anilines is 1. The zero-order valence-electron chi connectivity index (χ0n) is 13.0. The zero-order chi connectivity index (χ0) is 15.5. The predicted octanol–water partition coefficient (Wildman–Crippen LogP) is 5.37. The molecule has 2 nitrogen and oxygen atoms in total. The average Bonchev–Trinajstić information content (AvgIpc) is 2.45. The quantitative estimate of drug-likeness (QED) is 0.802. The number of hydrogen-bond acceptors (Lipinski definition) is 2. The predicted molar refractivity (Wildman–Crippen MR) is 93.2 cm³/mol. The van der Waals surface area contributed by atoms with Crippen LogP contribution in [0.4, 0.5) is 5.69 Å². The maximum absolute atomic E-state index is 5.46. The van der Waals surface area contributed by atoms with Gasteiger partial charge in [-0.15, -0.1) is 0 Å². The highest BCUT2D eigenvalue weighted by atomic mass is 79.9. The van der Waals surface area contributed by atoms with Gasteiger partial charge in [-0.1, -0.05) is 61.0 Å². The van der Waals surface area contributed by atoms with Crippen LogP contribution >= 0.6 is 15.9 Å². The highest BCUT2D eigenvalue weighted by molar-refractivity contribution is 9.10. The second-order valence-electron chi connectivity index (χ2n) is 6.11. The summed E-state index contributed by atoms with van der Waals surface area (Å²) in [6.07, 6.45) is 0. The molecule has 0 bridgehead atoms. The maximum Gasteiger partial charge on any atom is 0.141 e. The van der Waals surface area contributed by atoms with E-state index in [4.69, 9.17) is 4.74 Å². The third-order valence-corrected chi connectivity index (χ3v) is 4.27. The number of rotatable bonds is 4. The summed E-state index contributed by atoms with van der Waals surface area (Å²) in [5.41, 5.74) is 3.66. The molecule has 0 aromatic heterocycles. The van der Waals surface area contributed by atoms with Gasteiger partial charge in [-0.2, -0.15) is 0 Å². The van der Waals surface area contributed by atoms with Crippen LogP contribution in [0.3, 0.4) is 0 Å². The van der Waals surface area contributed by atoms with Crippen molar-refractivity contribution in [3.8, 4) is 5.75 Å². The molecule has 0 aliphatic carbocycles.